The lowest BCUT2D eigenvalue weighted by molar-refractivity contribution is 0.0838. The zero-order chi connectivity index (χ0) is 20.1. The largest absolute Gasteiger partial charge is 0.470 e. The molecule has 2 heterocycles. The first-order valence-electron chi connectivity index (χ1n) is 9.11. The van der Waals surface area contributed by atoms with Crippen LogP contribution in [0.3, 0.4) is 0 Å². The molecule has 1 aliphatic heterocycles. The zero-order valence-electron chi connectivity index (χ0n) is 15.6. The Bertz CT molecular complexity index is 1140. The first-order valence-corrected chi connectivity index (χ1v) is 9.49. The van der Waals surface area contributed by atoms with Gasteiger partial charge in [0, 0.05) is 34.8 Å². The first-order chi connectivity index (χ1) is 13.4. The molecule has 1 N–H and O–H groups in total. The molecule has 1 atom stereocenters. The van der Waals surface area contributed by atoms with Crippen LogP contribution < -0.4 is 5.43 Å². The van der Waals surface area contributed by atoms with Crippen molar-refractivity contribution in [2.45, 2.75) is 26.8 Å². The number of hydrogen-bond donors (Lipinski definition) is 1. The molecule has 0 radical (unpaired) electrons. The van der Waals surface area contributed by atoms with E-state index in [9.17, 15) is 14.6 Å². The van der Waals surface area contributed by atoms with Gasteiger partial charge in [0.05, 0.1) is 5.52 Å². The van der Waals surface area contributed by atoms with E-state index in [0.29, 0.717) is 28.9 Å². The molecule has 1 aromatic heterocycles. The van der Waals surface area contributed by atoms with Crippen LogP contribution in [0, 0.1) is 5.41 Å². The maximum Gasteiger partial charge on any atom is 0.470 e. The van der Waals surface area contributed by atoms with Gasteiger partial charge in [-0.15, -0.1) is 0 Å². The van der Waals surface area contributed by atoms with Gasteiger partial charge in [-0.1, -0.05) is 36.7 Å². The third kappa shape index (κ3) is 2.82. The third-order valence-electron chi connectivity index (χ3n) is 5.38. The van der Waals surface area contributed by atoms with Crippen molar-refractivity contribution < 1.29 is 9.82 Å². The van der Waals surface area contributed by atoms with E-state index in [1.54, 1.807) is 30.5 Å². The van der Waals surface area contributed by atoms with Crippen LogP contribution in [0.25, 0.3) is 10.9 Å². The van der Waals surface area contributed by atoms with Crippen molar-refractivity contribution in [2.75, 3.05) is 0 Å². The second kappa shape index (κ2) is 6.76. The van der Waals surface area contributed by atoms with E-state index in [-0.39, 0.29) is 11.0 Å². The second-order valence-corrected chi connectivity index (χ2v) is 7.76. The molecule has 142 valence electrons. The summed E-state index contributed by atoms with van der Waals surface area (Å²) in [5.74, 6) is -0.634. The maximum absolute atomic E-state index is 13.2. The first kappa shape index (κ1) is 18.7. The minimum Gasteiger partial charge on any atom is -0.428 e. The molecule has 1 aliphatic carbocycles. The molecule has 2 aromatic rings. The number of fused-ring (bicyclic) bond motifs is 2. The lowest BCUT2D eigenvalue weighted by Gasteiger charge is -2.38. The van der Waals surface area contributed by atoms with Gasteiger partial charge < -0.3 is 9.59 Å². The van der Waals surface area contributed by atoms with Crippen molar-refractivity contribution in [3.63, 3.8) is 0 Å². The molecular weight excluding hydrogens is 377 g/mol. The molecule has 1 unspecified atom stereocenters. The van der Waals surface area contributed by atoms with Crippen molar-refractivity contribution >= 4 is 41.7 Å². The van der Waals surface area contributed by atoms with E-state index in [0.717, 1.165) is 10.4 Å². The fraction of sp³-hybridized carbons (Fsp3) is 0.250. The number of benzene rings is 1. The number of allylic oxidation sites excluding steroid dienone is 4. The van der Waals surface area contributed by atoms with Crippen molar-refractivity contribution in [3.05, 3.63) is 68.9 Å². The summed E-state index contributed by atoms with van der Waals surface area (Å²) in [6, 6.07) is 7.16. The molecule has 2 aliphatic rings. The van der Waals surface area contributed by atoms with E-state index in [1.165, 1.54) is 6.20 Å². The Morgan fingerprint density at radius 3 is 2.86 bits per heavy atom. The molecule has 0 bridgehead atoms. The highest BCUT2D eigenvalue weighted by Gasteiger charge is 2.45. The lowest BCUT2D eigenvalue weighted by atomic mass is 9.56. The summed E-state index contributed by atoms with van der Waals surface area (Å²) >= 11 is 6.13. The van der Waals surface area contributed by atoms with Gasteiger partial charge in [0.1, 0.15) is 5.56 Å². The van der Waals surface area contributed by atoms with Crippen LogP contribution >= 0.6 is 11.6 Å². The number of carbonyl (C=O) groups is 1. The van der Waals surface area contributed by atoms with Gasteiger partial charge in [-0.2, -0.15) is 5.10 Å². The average Bonchev–Trinajstić information content (AvgIpc) is 2.68. The Morgan fingerprint density at radius 1 is 1.36 bits per heavy atom. The van der Waals surface area contributed by atoms with E-state index < -0.39 is 18.4 Å². The number of para-hydroxylation sites is 1. The van der Waals surface area contributed by atoms with Crippen molar-refractivity contribution in [2.24, 2.45) is 10.5 Å². The molecule has 1 aromatic carbocycles. The molecule has 4 rings (SSSR count). The van der Waals surface area contributed by atoms with E-state index >= 15 is 0 Å². The van der Waals surface area contributed by atoms with Crippen LogP contribution in [-0.4, -0.2) is 33.7 Å². The molecule has 0 fully saturated rings. The number of hydrazone groups is 1. The maximum atomic E-state index is 13.2. The minimum atomic E-state index is -1.26. The highest BCUT2D eigenvalue weighted by atomic mass is 35.5. The Balaban J connectivity index is 1.81. The Morgan fingerprint density at radius 2 is 2.11 bits per heavy atom. The van der Waals surface area contributed by atoms with Gasteiger partial charge in [-0.25, -0.2) is 4.92 Å². The van der Waals surface area contributed by atoms with Gasteiger partial charge >= 0.3 is 7.05 Å². The molecule has 0 saturated heterocycles. The normalized spacial score (nSPS) is 21.4. The van der Waals surface area contributed by atoms with Crippen molar-refractivity contribution in [1.82, 2.24) is 9.49 Å². The van der Waals surface area contributed by atoms with Crippen LogP contribution in [0.4, 0.5) is 0 Å². The van der Waals surface area contributed by atoms with Crippen LogP contribution in [-0.2, 0) is 6.54 Å². The molecular formula is C20H19BClN3O3. The second-order valence-electron chi connectivity index (χ2n) is 7.27. The lowest BCUT2D eigenvalue weighted by Crippen LogP contribution is -2.51. The van der Waals surface area contributed by atoms with Crippen molar-refractivity contribution in [1.29, 1.82) is 0 Å². The fourth-order valence-electron chi connectivity index (χ4n) is 3.81. The summed E-state index contributed by atoms with van der Waals surface area (Å²) < 4.78 is 1.84. The summed E-state index contributed by atoms with van der Waals surface area (Å²) in [6.07, 6.45) is 7.07. The predicted molar refractivity (Wildman–Crippen MR) is 111 cm³/mol. The molecule has 0 saturated carbocycles. The van der Waals surface area contributed by atoms with E-state index in [4.69, 9.17) is 11.6 Å². The molecule has 1 amide bonds. The topological polar surface area (TPSA) is 74.9 Å². The van der Waals surface area contributed by atoms with E-state index in [1.807, 2.05) is 30.5 Å². The number of rotatable bonds is 2. The van der Waals surface area contributed by atoms with Gasteiger partial charge in [-0.05, 0) is 37.0 Å². The number of hydrogen-bond acceptors (Lipinski definition) is 4. The zero-order valence-corrected chi connectivity index (χ0v) is 16.3. The number of nitrogens with zero attached hydrogens (tertiary/aromatic N) is 3. The van der Waals surface area contributed by atoms with Gasteiger partial charge in [0.25, 0.3) is 5.91 Å². The number of amides is 1. The standard InChI is InChI=1S/C20H19BClN3O3/c1-3-24-11-15(18(26)14-6-4-5-7-16(14)24)19(27)25-21(28)17-9-8-13(22)10-20(17,2)12-23-25/h4-9,11-12,28H,3,10H2,1-2H3. The molecule has 0 spiro atoms. The highest BCUT2D eigenvalue weighted by molar-refractivity contribution is 6.61. The third-order valence-corrected chi connectivity index (χ3v) is 5.64. The number of aromatic nitrogens is 1. The molecule has 6 nitrogen and oxygen atoms in total. The summed E-state index contributed by atoms with van der Waals surface area (Å²) in [6.45, 7) is 4.44. The SMILES string of the molecule is CCn1cc(C(=O)N2N=CC3(C)CC(Cl)=CC=C3B2O)c(=O)c2ccccc21. The average molecular weight is 396 g/mol. The predicted octanol–water partition coefficient (Wildman–Crippen LogP) is 2.94. The van der Waals surface area contributed by atoms with Crippen LogP contribution in [0.1, 0.15) is 30.6 Å². The Labute approximate surface area is 167 Å². The van der Waals surface area contributed by atoms with Gasteiger partial charge in [0.15, 0.2) is 0 Å². The van der Waals surface area contributed by atoms with Gasteiger partial charge in [-0.3, -0.25) is 9.59 Å². The number of carbonyl (C=O) groups excluding carboxylic acids is 1. The van der Waals surface area contributed by atoms with Crippen LogP contribution in [0.2, 0.25) is 0 Å². The van der Waals surface area contributed by atoms with Crippen LogP contribution in [0.15, 0.2) is 63.0 Å². The molecule has 8 heteroatoms. The van der Waals surface area contributed by atoms with E-state index in [2.05, 4.69) is 5.10 Å². The fourth-order valence-corrected chi connectivity index (χ4v) is 4.15. The summed E-state index contributed by atoms with van der Waals surface area (Å²) in [5.41, 5.74) is 0.426. The summed E-state index contributed by atoms with van der Waals surface area (Å²) in [5, 5.41) is 16.1. The number of halogens is 1. The van der Waals surface area contributed by atoms with Crippen LogP contribution in [0.5, 0.6) is 0 Å². The monoisotopic (exact) mass is 395 g/mol. The van der Waals surface area contributed by atoms with Crippen molar-refractivity contribution in [3.8, 4) is 0 Å². The van der Waals surface area contributed by atoms with Gasteiger partial charge in [0.2, 0.25) is 5.43 Å². The number of pyridine rings is 1. The number of aryl methyl sites for hydroxylation is 1. The Hall–Kier alpha value is -2.64. The minimum absolute atomic E-state index is 0.0228. The molecule has 28 heavy (non-hydrogen) atoms. The summed E-state index contributed by atoms with van der Waals surface area (Å²) in [4.78, 5) is 27.1. The quantitative estimate of drug-likeness (QED) is 0.794. The highest BCUT2D eigenvalue weighted by Crippen LogP contribution is 2.41. The Kier molecular flexibility index (Phi) is 4.52. The summed E-state index contributed by atoms with van der Waals surface area (Å²) in [7, 11) is -1.26. The smallest absolute Gasteiger partial charge is 0.428 e.